The van der Waals surface area contributed by atoms with E-state index in [4.69, 9.17) is 21.2 Å². The van der Waals surface area contributed by atoms with Crippen molar-refractivity contribution in [1.29, 1.82) is 0 Å². The number of furan rings is 1. The molecule has 0 fully saturated rings. The predicted molar refractivity (Wildman–Crippen MR) is 54.6 cm³/mol. The predicted octanol–water partition coefficient (Wildman–Crippen LogP) is 3.13. The minimum Gasteiger partial charge on any atom is -0.459 e. The molecule has 2 N–H and O–H groups in total. The van der Waals surface area contributed by atoms with Gasteiger partial charge in [-0.05, 0) is 31.2 Å². The van der Waals surface area contributed by atoms with E-state index in [0.717, 1.165) is 11.0 Å². The van der Waals surface area contributed by atoms with Gasteiger partial charge in [0.05, 0.1) is 6.04 Å². The number of hydrogen-bond acceptors (Lipinski definition) is 3. The van der Waals surface area contributed by atoms with Crippen molar-refractivity contribution in [2.24, 2.45) is 0 Å². The van der Waals surface area contributed by atoms with Crippen molar-refractivity contribution in [3.05, 3.63) is 35.0 Å². The van der Waals surface area contributed by atoms with Crippen LogP contribution in [0.5, 0.6) is 0 Å². The molecule has 2 aromatic rings. The lowest BCUT2D eigenvalue weighted by molar-refractivity contribution is 0.124. The van der Waals surface area contributed by atoms with E-state index < -0.39 is 0 Å². The minimum atomic E-state index is -0.221. The molecule has 0 radical (unpaired) electrons. The quantitative estimate of drug-likeness (QED) is 0.751. The highest BCUT2D eigenvalue weighted by molar-refractivity contribution is 6.31. The highest BCUT2D eigenvalue weighted by atomic mass is 35.5. The number of halogens is 1. The van der Waals surface area contributed by atoms with Gasteiger partial charge in [-0.25, -0.2) is 0 Å². The Labute approximate surface area is 86.2 Å². The van der Waals surface area contributed by atoms with Crippen LogP contribution < -0.4 is 5.48 Å². The summed E-state index contributed by atoms with van der Waals surface area (Å²) < 4.78 is 5.49. The van der Waals surface area contributed by atoms with E-state index in [1.165, 1.54) is 0 Å². The molecule has 0 aliphatic rings. The molecule has 0 spiro atoms. The number of rotatable bonds is 2. The molecule has 1 heterocycles. The summed E-state index contributed by atoms with van der Waals surface area (Å²) in [6.07, 6.45) is 0. The van der Waals surface area contributed by atoms with Crippen LogP contribution in [0.2, 0.25) is 5.02 Å². The van der Waals surface area contributed by atoms with Crippen LogP contribution in [0.1, 0.15) is 18.7 Å². The summed E-state index contributed by atoms with van der Waals surface area (Å²) in [5.74, 6) is 0.685. The summed E-state index contributed by atoms with van der Waals surface area (Å²) in [6.45, 7) is 1.80. The molecule has 1 unspecified atom stereocenters. The first kappa shape index (κ1) is 9.52. The van der Waals surface area contributed by atoms with Crippen molar-refractivity contribution in [1.82, 2.24) is 5.48 Å². The molecule has 0 saturated heterocycles. The van der Waals surface area contributed by atoms with Gasteiger partial charge in [0.15, 0.2) is 0 Å². The molecule has 2 rings (SSSR count). The lowest BCUT2D eigenvalue weighted by Gasteiger charge is -2.02. The summed E-state index contributed by atoms with van der Waals surface area (Å²) in [6, 6.07) is 7.05. The first-order chi connectivity index (χ1) is 6.70. The van der Waals surface area contributed by atoms with Crippen molar-refractivity contribution in [2.75, 3.05) is 0 Å². The second-order valence-corrected chi connectivity index (χ2v) is 3.62. The molecule has 1 aromatic carbocycles. The molecular formula is C10H10ClNO2. The Kier molecular flexibility index (Phi) is 2.46. The monoisotopic (exact) mass is 211 g/mol. The average Bonchev–Trinajstić information content (AvgIpc) is 2.59. The minimum absolute atomic E-state index is 0.221. The molecule has 0 aliphatic carbocycles. The second-order valence-electron chi connectivity index (χ2n) is 3.18. The van der Waals surface area contributed by atoms with Gasteiger partial charge in [0.25, 0.3) is 0 Å². The van der Waals surface area contributed by atoms with Crippen LogP contribution in [0, 0.1) is 0 Å². The Morgan fingerprint density at radius 3 is 2.93 bits per heavy atom. The number of hydrogen-bond donors (Lipinski definition) is 2. The Morgan fingerprint density at radius 1 is 1.43 bits per heavy atom. The van der Waals surface area contributed by atoms with Crippen molar-refractivity contribution < 1.29 is 9.62 Å². The van der Waals surface area contributed by atoms with E-state index in [1.807, 2.05) is 18.2 Å². The van der Waals surface area contributed by atoms with Crippen molar-refractivity contribution in [2.45, 2.75) is 13.0 Å². The number of nitrogens with one attached hydrogen (secondary N) is 1. The maximum atomic E-state index is 8.73. The van der Waals surface area contributed by atoms with Crippen LogP contribution in [-0.4, -0.2) is 5.21 Å². The van der Waals surface area contributed by atoms with Gasteiger partial charge in [-0.2, -0.15) is 5.48 Å². The summed E-state index contributed by atoms with van der Waals surface area (Å²) in [5, 5.41) is 10.3. The van der Waals surface area contributed by atoms with Gasteiger partial charge in [-0.1, -0.05) is 11.6 Å². The first-order valence-electron chi connectivity index (χ1n) is 4.29. The molecule has 4 heteroatoms. The number of fused-ring (bicyclic) bond motifs is 1. The Morgan fingerprint density at radius 2 is 2.21 bits per heavy atom. The molecule has 0 amide bonds. The van der Waals surface area contributed by atoms with Crippen LogP contribution in [0.15, 0.2) is 28.7 Å². The lowest BCUT2D eigenvalue weighted by Crippen LogP contribution is -2.11. The van der Waals surface area contributed by atoms with Crippen LogP contribution >= 0.6 is 11.6 Å². The SMILES string of the molecule is CC(NO)c1cc2cc(Cl)ccc2o1. The zero-order valence-corrected chi connectivity index (χ0v) is 8.38. The Bertz CT molecular complexity index is 452. The normalized spacial score (nSPS) is 13.4. The van der Waals surface area contributed by atoms with E-state index in [9.17, 15) is 0 Å². The number of hydroxylamine groups is 1. The van der Waals surface area contributed by atoms with Gasteiger partial charge in [-0.15, -0.1) is 0 Å². The lowest BCUT2D eigenvalue weighted by atomic mass is 10.2. The van der Waals surface area contributed by atoms with Crippen LogP contribution in [0.25, 0.3) is 11.0 Å². The van der Waals surface area contributed by atoms with Gasteiger partial charge in [0.2, 0.25) is 0 Å². The van der Waals surface area contributed by atoms with Gasteiger partial charge in [-0.3, -0.25) is 0 Å². The molecule has 14 heavy (non-hydrogen) atoms. The molecule has 0 saturated carbocycles. The molecule has 0 aliphatic heterocycles. The second kappa shape index (κ2) is 3.61. The molecule has 1 atom stereocenters. The first-order valence-corrected chi connectivity index (χ1v) is 4.67. The van der Waals surface area contributed by atoms with E-state index in [2.05, 4.69) is 5.48 Å². The fourth-order valence-corrected chi connectivity index (χ4v) is 1.49. The van der Waals surface area contributed by atoms with Crippen molar-refractivity contribution in [3.63, 3.8) is 0 Å². The van der Waals surface area contributed by atoms with Crippen LogP contribution in [0.3, 0.4) is 0 Å². The third-order valence-corrected chi connectivity index (χ3v) is 2.35. The van der Waals surface area contributed by atoms with E-state index >= 15 is 0 Å². The summed E-state index contributed by atoms with van der Waals surface area (Å²) in [7, 11) is 0. The topological polar surface area (TPSA) is 45.4 Å². The molecule has 3 nitrogen and oxygen atoms in total. The van der Waals surface area contributed by atoms with Crippen molar-refractivity contribution >= 4 is 22.6 Å². The van der Waals surface area contributed by atoms with Gasteiger partial charge >= 0.3 is 0 Å². The van der Waals surface area contributed by atoms with Gasteiger partial charge in [0.1, 0.15) is 11.3 Å². The molecular weight excluding hydrogens is 202 g/mol. The maximum Gasteiger partial charge on any atom is 0.134 e. The van der Waals surface area contributed by atoms with E-state index in [-0.39, 0.29) is 6.04 Å². The molecule has 0 bridgehead atoms. The van der Waals surface area contributed by atoms with Crippen molar-refractivity contribution in [3.8, 4) is 0 Å². The highest BCUT2D eigenvalue weighted by Crippen LogP contribution is 2.25. The van der Waals surface area contributed by atoms with Crippen LogP contribution in [0.4, 0.5) is 0 Å². The smallest absolute Gasteiger partial charge is 0.134 e. The Hall–Kier alpha value is -1.03. The fraction of sp³-hybridized carbons (Fsp3) is 0.200. The molecule has 74 valence electrons. The standard InChI is InChI=1S/C10H10ClNO2/c1-6(12-13)10-5-7-4-8(11)2-3-9(7)14-10/h2-6,12-13H,1H3. The van der Waals surface area contributed by atoms with E-state index in [0.29, 0.717) is 10.8 Å². The highest BCUT2D eigenvalue weighted by Gasteiger charge is 2.10. The van der Waals surface area contributed by atoms with Gasteiger partial charge < -0.3 is 9.62 Å². The Balaban J connectivity index is 2.51. The fourth-order valence-electron chi connectivity index (χ4n) is 1.31. The third-order valence-electron chi connectivity index (χ3n) is 2.12. The van der Waals surface area contributed by atoms with E-state index in [1.54, 1.807) is 13.0 Å². The average molecular weight is 212 g/mol. The molecule has 1 aromatic heterocycles. The largest absolute Gasteiger partial charge is 0.459 e. The van der Waals surface area contributed by atoms with Gasteiger partial charge in [0, 0.05) is 10.4 Å². The maximum absolute atomic E-state index is 8.73. The zero-order chi connectivity index (χ0) is 10.1. The summed E-state index contributed by atoms with van der Waals surface area (Å²) in [5.41, 5.74) is 2.90. The summed E-state index contributed by atoms with van der Waals surface area (Å²) in [4.78, 5) is 0. The summed E-state index contributed by atoms with van der Waals surface area (Å²) >= 11 is 5.83. The number of benzene rings is 1. The third kappa shape index (κ3) is 1.62. The zero-order valence-electron chi connectivity index (χ0n) is 7.62. The van der Waals surface area contributed by atoms with Crippen LogP contribution in [-0.2, 0) is 0 Å².